The first-order valence-corrected chi connectivity index (χ1v) is 22.6. The number of carbonyl (C=O) groups is 1. The van der Waals surface area contributed by atoms with Gasteiger partial charge >= 0.3 is 0 Å². The first-order valence-electron chi connectivity index (χ1n) is 22.6. The fourth-order valence-electron chi connectivity index (χ4n) is 7.26. The molecule has 1 heterocycles. The Kier molecular flexibility index (Phi) is 32.9. The van der Waals surface area contributed by atoms with Crippen LogP contribution in [0.2, 0.25) is 0 Å². The molecule has 1 amide bonds. The van der Waals surface area contributed by atoms with E-state index in [9.17, 15) is 40.5 Å². The quantitative estimate of drug-likeness (QED) is 0.0243. The van der Waals surface area contributed by atoms with Crippen molar-refractivity contribution in [3.8, 4) is 0 Å². The van der Waals surface area contributed by atoms with Crippen LogP contribution >= 0.6 is 0 Å². The number of hydrogen-bond acceptors (Lipinski definition) is 10. The second-order valence-electron chi connectivity index (χ2n) is 16.1. The van der Waals surface area contributed by atoms with Gasteiger partial charge in [0.15, 0.2) is 6.29 Å². The van der Waals surface area contributed by atoms with Gasteiger partial charge in [-0.25, -0.2) is 0 Å². The van der Waals surface area contributed by atoms with Crippen molar-refractivity contribution in [1.29, 1.82) is 0 Å². The van der Waals surface area contributed by atoms with Crippen LogP contribution in [0.3, 0.4) is 0 Å². The van der Waals surface area contributed by atoms with Gasteiger partial charge in [-0.2, -0.15) is 0 Å². The molecule has 1 aliphatic rings. The van der Waals surface area contributed by atoms with Gasteiger partial charge in [-0.15, -0.1) is 0 Å². The summed E-state index contributed by atoms with van der Waals surface area (Å²) in [5.74, 6) is -0.706. The molecule has 11 heteroatoms. The lowest BCUT2D eigenvalue weighted by Gasteiger charge is -2.40. The Balaban J connectivity index is 2.46. The molecular weight excluding hydrogens is 702 g/mol. The van der Waals surface area contributed by atoms with Crippen LogP contribution in [0.5, 0.6) is 0 Å². The largest absolute Gasteiger partial charge is 0.394 e. The van der Waals surface area contributed by atoms with Crippen molar-refractivity contribution in [2.24, 2.45) is 0 Å². The SMILES string of the molecule is CCCCCCCC/C=C/CCCC(O)C(O)C(COC1OC(CO)C(O)C(O)C1O)NC(=O)C(O)CCCCCCCCCCCCCCCCCCC. The van der Waals surface area contributed by atoms with Crippen LogP contribution in [-0.2, 0) is 14.3 Å². The lowest BCUT2D eigenvalue weighted by atomic mass is 9.98. The molecule has 0 aliphatic carbocycles. The minimum absolute atomic E-state index is 0.258. The summed E-state index contributed by atoms with van der Waals surface area (Å²) in [7, 11) is 0. The van der Waals surface area contributed by atoms with E-state index < -0.39 is 74.2 Å². The second-order valence-corrected chi connectivity index (χ2v) is 16.1. The lowest BCUT2D eigenvalue weighted by Crippen LogP contribution is -2.60. The third-order valence-corrected chi connectivity index (χ3v) is 11.1. The molecule has 0 spiro atoms. The minimum Gasteiger partial charge on any atom is -0.394 e. The number of carbonyl (C=O) groups excluding carboxylic acids is 1. The molecule has 8 N–H and O–H groups in total. The van der Waals surface area contributed by atoms with Gasteiger partial charge in [-0.1, -0.05) is 167 Å². The molecule has 1 fully saturated rings. The maximum Gasteiger partial charge on any atom is 0.249 e. The highest BCUT2D eigenvalue weighted by Gasteiger charge is 2.44. The van der Waals surface area contributed by atoms with Crippen molar-refractivity contribution in [2.75, 3.05) is 13.2 Å². The molecule has 0 aromatic rings. The zero-order chi connectivity index (χ0) is 40.5. The predicted octanol–water partition coefficient (Wildman–Crippen LogP) is 6.89. The van der Waals surface area contributed by atoms with E-state index in [1.54, 1.807) is 0 Å². The molecule has 1 rings (SSSR count). The molecule has 1 aliphatic heterocycles. The Morgan fingerprint density at radius 3 is 1.56 bits per heavy atom. The molecule has 1 saturated heterocycles. The first kappa shape index (κ1) is 51.9. The van der Waals surface area contributed by atoms with Crippen LogP contribution in [0.1, 0.15) is 194 Å². The van der Waals surface area contributed by atoms with Crippen LogP contribution < -0.4 is 5.32 Å². The number of unbranched alkanes of at least 4 members (excludes halogenated alkanes) is 23. The van der Waals surface area contributed by atoms with E-state index in [1.807, 2.05) is 0 Å². The molecule has 0 radical (unpaired) electrons. The molecule has 0 aromatic carbocycles. The van der Waals surface area contributed by atoms with Gasteiger partial charge in [-0.3, -0.25) is 4.79 Å². The molecule has 55 heavy (non-hydrogen) atoms. The Morgan fingerprint density at radius 1 is 0.618 bits per heavy atom. The monoisotopic (exact) mass is 788 g/mol. The summed E-state index contributed by atoms with van der Waals surface area (Å²) in [6, 6.07) is -1.18. The smallest absolute Gasteiger partial charge is 0.249 e. The molecule has 326 valence electrons. The summed E-state index contributed by atoms with van der Waals surface area (Å²) in [5.41, 5.74) is 0. The number of hydrogen-bond donors (Lipinski definition) is 8. The van der Waals surface area contributed by atoms with E-state index in [0.717, 1.165) is 38.5 Å². The van der Waals surface area contributed by atoms with Crippen molar-refractivity contribution >= 4 is 5.91 Å². The van der Waals surface area contributed by atoms with Gasteiger partial charge in [-0.05, 0) is 38.5 Å². The summed E-state index contributed by atoms with van der Waals surface area (Å²) >= 11 is 0. The fraction of sp³-hybridized carbons (Fsp3) is 0.932. The minimum atomic E-state index is -1.66. The molecule has 9 atom stereocenters. The van der Waals surface area contributed by atoms with Crippen LogP contribution in [0, 0.1) is 0 Å². The van der Waals surface area contributed by atoms with Crippen LogP contribution in [0.4, 0.5) is 0 Å². The van der Waals surface area contributed by atoms with Crippen LogP contribution in [-0.4, -0.2) is 110 Å². The lowest BCUT2D eigenvalue weighted by molar-refractivity contribution is -0.303. The van der Waals surface area contributed by atoms with Gasteiger partial charge in [0.05, 0.1) is 25.4 Å². The zero-order valence-electron chi connectivity index (χ0n) is 34.9. The highest BCUT2D eigenvalue weighted by molar-refractivity contribution is 5.80. The second kappa shape index (κ2) is 34.9. The summed E-state index contributed by atoms with van der Waals surface area (Å²) in [5, 5.41) is 75.4. The van der Waals surface area contributed by atoms with E-state index >= 15 is 0 Å². The maximum absolute atomic E-state index is 13.0. The molecular formula is C44H85NO10. The van der Waals surface area contributed by atoms with Crippen molar-refractivity contribution < 1.29 is 50.0 Å². The predicted molar refractivity (Wildman–Crippen MR) is 219 cm³/mol. The topological polar surface area (TPSA) is 189 Å². The Labute approximate surface area is 334 Å². The fourth-order valence-corrected chi connectivity index (χ4v) is 7.26. The number of amides is 1. The maximum atomic E-state index is 13.0. The van der Waals surface area contributed by atoms with E-state index in [2.05, 4.69) is 31.3 Å². The van der Waals surface area contributed by atoms with E-state index in [1.165, 1.54) is 116 Å². The number of rotatable bonds is 37. The highest BCUT2D eigenvalue weighted by atomic mass is 16.7. The average molecular weight is 788 g/mol. The van der Waals surface area contributed by atoms with Crippen molar-refractivity contribution in [3.63, 3.8) is 0 Å². The summed E-state index contributed by atoms with van der Waals surface area (Å²) in [4.78, 5) is 13.0. The summed E-state index contributed by atoms with van der Waals surface area (Å²) in [6.45, 7) is 3.40. The third kappa shape index (κ3) is 25.1. The number of ether oxygens (including phenoxy) is 2. The highest BCUT2D eigenvalue weighted by Crippen LogP contribution is 2.23. The van der Waals surface area contributed by atoms with Crippen LogP contribution in [0.25, 0.3) is 0 Å². The molecule has 0 bridgehead atoms. The van der Waals surface area contributed by atoms with E-state index in [0.29, 0.717) is 12.8 Å². The molecule has 0 aromatic heterocycles. The number of aliphatic hydroxyl groups excluding tert-OH is 7. The third-order valence-electron chi connectivity index (χ3n) is 11.1. The Morgan fingerprint density at radius 2 is 1.07 bits per heavy atom. The van der Waals surface area contributed by atoms with Crippen molar-refractivity contribution in [2.45, 2.75) is 249 Å². The number of nitrogens with one attached hydrogen (secondary N) is 1. The normalized spacial score (nSPS) is 22.5. The Hall–Kier alpha value is -1.15. The van der Waals surface area contributed by atoms with Gasteiger partial charge < -0.3 is 50.5 Å². The average Bonchev–Trinajstić information content (AvgIpc) is 3.18. The molecule has 9 unspecified atom stereocenters. The zero-order valence-corrected chi connectivity index (χ0v) is 34.9. The van der Waals surface area contributed by atoms with Gasteiger partial charge in [0.25, 0.3) is 0 Å². The van der Waals surface area contributed by atoms with Gasteiger partial charge in [0.2, 0.25) is 5.91 Å². The van der Waals surface area contributed by atoms with Crippen molar-refractivity contribution in [3.05, 3.63) is 12.2 Å². The van der Waals surface area contributed by atoms with E-state index in [4.69, 9.17) is 9.47 Å². The summed E-state index contributed by atoms with van der Waals surface area (Å²) < 4.78 is 11.1. The number of allylic oxidation sites excluding steroid dienone is 2. The van der Waals surface area contributed by atoms with Gasteiger partial charge in [0.1, 0.15) is 36.6 Å². The summed E-state index contributed by atoms with van der Waals surface area (Å²) in [6.07, 6.45) is 24.1. The van der Waals surface area contributed by atoms with E-state index in [-0.39, 0.29) is 12.8 Å². The first-order chi connectivity index (χ1) is 26.7. The molecule has 11 nitrogen and oxygen atoms in total. The van der Waals surface area contributed by atoms with Crippen molar-refractivity contribution in [1.82, 2.24) is 5.32 Å². The van der Waals surface area contributed by atoms with Crippen LogP contribution in [0.15, 0.2) is 12.2 Å². The standard InChI is InChI=1S/C44H85NO10/c1-3-5-7-9-11-13-15-16-17-18-19-20-22-24-26-28-30-32-37(48)43(53)45-35(34-54-44-42(52)41(51)40(50)38(33-46)55-44)39(49)36(47)31-29-27-25-23-21-14-12-10-8-6-4-2/h23,25,35-42,44,46-52H,3-22,24,26-34H2,1-2H3,(H,45,53)/b25-23+. The number of aliphatic hydroxyl groups is 7. The van der Waals surface area contributed by atoms with Gasteiger partial charge in [0, 0.05) is 0 Å². The molecule has 0 saturated carbocycles. The Bertz CT molecular complexity index is 908.